The van der Waals surface area contributed by atoms with Crippen molar-refractivity contribution in [2.24, 2.45) is 0 Å². The van der Waals surface area contributed by atoms with Crippen LogP contribution in [0.3, 0.4) is 0 Å². The molecule has 0 unspecified atom stereocenters. The molecule has 1 aromatic heterocycles. The van der Waals surface area contributed by atoms with Gasteiger partial charge in [-0.1, -0.05) is 11.6 Å². The van der Waals surface area contributed by atoms with Crippen molar-refractivity contribution in [2.75, 3.05) is 0 Å². The average Bonchev–Trinajstić information content (AvgIpc) is 3.27. The van der Waals surface area contributed by atoms with E-state index in [2.05, 4.69) is 26.2 Å². The Morgan fingerprint density at radius 3 is 2.90 bits per heavy atom. The molecular weight excluding hydrogens is 359 g/mol. The van der Waals surface area contributed by atoms with Crippen LogP contribution in [-0.2, 0) is 6.54 Å². The summed E-state index contributed by atoms with van der Waals surface area (Å²) in [6, 6.07) is 6.64. The minimum atomic E-state index is -0.380. The van der Waals surface area contributed by atoms with Crippen LogP contribution in [0.1, 0.15) is 18.4 Å². The average molecular weight is 372 g/mol. The molecule has 0 aliphatic heterocycles. The molecule has 1 fully saturated rings. The number of ether oxygens (including phenoxy) is 1. The van der Waals surface area contributed by atoms with Crippen molar-refractivity contribution in [2.45, 2.75) is 25.4 Å². The predicted molar refractivity (Wildman–Crippen MR) is 83.3 cm³/mol. The highest BCUT2D eigenvalue weighted by atomic mass is 79.9. The molecule has 0 atom stereocenters. The number of aromatic nitrogens is 1. The molecule has 1 aliphatic rings. The smallest absolute Gasteiger partial charge is 0.238 e. The van der Waals surface area contributed by atoms with Gasteiger partial charge in [-0.25, -0.2) is 9.37 Å². The van der Waals surface area contributed by atoms with Gasteiger partial charge in [-0.3, -0.25) is 0 Å². The molecule has 110 valence electrons. The molecule has 0 amide bonds. The van der Waals surface area contributed by atoms with Crippen molar-refractivity contribution in [1.29, 1.82) is 0 Å². The van der Waals surface area contributed by atoms with E-state index in [1.54, 1.807) is 12.3 Å². The molecule has 1 heterocycles. The predicted octanol–water partition coefficient (Wildman–Crippen LogP) is 4.68. The van der Waals surface area contributed by atoms with Gasteiger partial charge < -0.3 is 10.1 Å². The van der Waals surface area contributed by atoms with E-state index in [9.17, 15) is 4.39 Å². The Morgan fingerprint density at radius 2 is 2.19 bits per heavy atom. The maximum Gasteiger partial charge on any atom is 0.238 e. The normalized spacial score (nSPS) is 14.2. The maximum absolute atomic E-state index is 13.2. The Hall–Kier alpha value is -1.17. The van der Waals surface area contributed by atoms with Gasteiger partial charge in [0.1, 0.15) is 16.6 Å². The van der Waals surface area contributed by atoms with Gasteiger partial charge in [-0.2, -0.15) is 0 Å². The summed E-state index contributed by atoms with van der Waals surface area (Å²) in [5.41, 5.74) is 0.998. The number of pyridine rings is 1. The molecule has 1 N–H and O–H groups in total. The summed E-state index contributed by atoms with van der Waals surface area (Å²) in [6.45, 7) is 0.737. The van der Waals surface area contributed by atoms with E-state index in [1.807, 2.05) is 6.07 Å². The molecule has 6 heteroatoms. The van der Waals surface area contributed by atoms with Crippen molar-refractivity contribution in [3.63, 3.8) is 0 Å². The van der Waals surface area contributed by atoms with Gasteiger partial charge in [0.15, 0.2) is 0 Å². The third-order valence-electron chi connectivity index (χ3n) is 3.14. The highest BCUT2D eigenvalue weighted by molar-refractivity contribution is 9.10. The highest BCUT2D eigenvalue weighted by Crippen LogP contribution is 2.33. The van der Waals surface area contributed by atoms with Crippen LogP contribution in [0.4, 0.5) is 4.39 Å². The van der Waals surface area contributed by atoms with E-state index < -0.39 is 0 Å². The molecule has 0 bridgehead atoms. The summed E-state index contributed by atoms with van der Waals surface area (Å²) in [4.78, 5) is 4.21. The van der Waals surface area contributed by atoms with E-state index >= 15 is 0 Å². The van der Waals surface area contributed by atoms with Crippen LogP contribution < -0.4 is 10.1 Å². The summed E-state index contributed by atoms with van der Waals surface area (Å²) in [6.07, 6.45) is 4.18. The molecule has 1 aromatic carbocycles. The van der Waals surface area contributed by atoms with Gasteiger partial charge in [0.05, 0.1) is 4.47 Å². The van der Waals surface area contributed by atoms with Gasteiger partial charge >= 0.3 is 0 Å². The van der Waals surface area contributed by atoms with Crippen molar-refractivity contribution in [3.8, 4) is 11.6 Å². The third kappa shape index (κ3) is 3.93. The van der Waals surface area contributed by atoms with Gasteiger partial charge in [0.2, 0.25) is 5.88 Å². The SMILES string of the molecule is Fc1ccc(Br)c(Oc2ncc(CNC3CC3)cc2Cl)c1. The number of benzene rings is 1. The first-order valence-corrected chi connectivity index (χ1v) is 7.79. The van der Waals surface area contributed by atoms with E-state index in [0.717, 1.165) is 12.1 Å². The van der Waals surface area contributed by atoms with Gasteiger partial charge in [0, 0.05) is 24.8 Å². The molecule has 0 spiro atoms. The standard InChI is InChI=1S/C15H13BrClFN2O/c16-12-4-1-10(18)6-14(12)21-15-13(17)5-9(8-20-15)7-19-11-2-3-11/h1,4-6,8,11,19H,2-3,7H2. The molecule has 2 aromatic rings. The summed E-state index contributed by atoms with van der Waals surface area (Å²) in [7, 11) is 0. The number of hydrogen-bond acceptors (Lipinski definition) is 3. The van der Waals surface area contributed by atoms with Crippen LogP contribution in [0.15, 0.2) is 34.9 Å². The Bertz CT molecular complexity index is 664. The Kier molecular flexibility index (Phi) is 4.42. The van der Waals surface area contributed by atoms with Gasteiger partial charge in [-0.05, 0) is 52.5 Å². The fourth-order valence-electron chi connectivity index (χ4n) is 1.85. The largest absolute Gasteiger partial charge is 0.436 e. The lowest BCUT2D eigenvalue weighted by Crippen LogP contribution is -2.15. The molecule has 1 aliphatic carbocycles. The second-order valence-electron chi connectivity index (χ2n) is 4.96. The second-order valence-corrected chi connectivity index (χ2v) is 6.22. The minimum absolute atomic E-state index is 0.262. The summed E-state index contributed by atoms with van der Waals surface area (Å²) in [5, 5.41) is 3.79. The zero-order chi connectivity index (χ0) is 14.8. The Labute approximate surface area is 135 Å². The quantitative estimate of drug-likeness (QED) is 0.828. The Balaban J connectivity index is 1.74. The zero-order valence-corrected chi connectivity index (χ0v) is 13.4. The van der Waals surface area contributed by atoms with Crippen LogP contribution in [0.25, 0.3) is 0 Å². The third-order valence-corrected chi connectivity index (χ3v) is 4.06. The fourth-order valence-corrected chi connectivity index (χ4v) is 2.40. The molecule has 3 rings (SSSR count). The molecule has 3 nitrogen and oxygen atoms in total. The highest BCUT2D eigenvalue weighted by Gasteiger charge is 2.20. The minimum Gasteiger partial charge on any atom is -0.436 e. The summed E-state index contributed by atoms with van der Waals surface area (Å²) >= 11 is 9.48. The lowest BCUT2D eigenvalue weighted by molar-refractivity contribution is 0.455. The zero-order valence-electron chi connectivity index (χ0n) is 11.1. The number of nitrogens with one attached hydrogen (secondary N) is 1. The van der Waals surface area contributed by atoms with E-state index in [-0.39, 0.29) is 11.7 Å². The number of nitrogens with zero attached hydrogens (tertiary/aromatic N) is 1. The van der Waals surface area contributed by atoms with Crippen LogP contribution in [0.5, 0.6) is 11.6 Å². The first kappa shape index (κ1) is 14.8. The van der Waals surface area contributed by atoms with Crippen molar-refractivity contribution in [1.82, 2.24) is 10.3 Å². The first-order valence-electron chi connectivity index (χ1n) is 6.62. The summed E-state index contributed by atoms with van der Waals surface area (Å²) in [5.74, 6) is 0.223. The molecular formula is C15H13BrClFN2O. The van der Waals surface area contributed by atoms with Gasteiger partial charge in [-0.15, -0.1) is 0 Å². The molecule has 21 heavy (non-hydrogen) atoms. The topological polar surface area (TPSA) is 34.1 Å². The lowest BCUT2D eigenvalue weighted by Gasteiger charge is -2.10. The van der Waals surface area contributed by atoms with Crippen molar-refractivity contribution >= 4 is 27.5 Å². The monoisotopic (exact) mass is 370 g/mol. The Morgan fingerprint density at radius 1 is 1.38 bits per heavy atom. The molecule has 0 saturated heterocycles. The first-order chi connectivity index (χ1) is 10.1. The van der Waals surface area contributed by atoms with E-state index in [1.165, 1.54) is 25.0 Å². The van der Waals surface area contributed by atoms with Crippen LogP contribution in [0, 0.1) is 5.82 Å². The fraction of sp³-hybridized carbons (Fsp3) is 0.267. The second kappa shape index (κ2) is 6.30. The van der Waals surface area contributed by atoms with Crippen LogP contribution >= 0.6 is 27.5 Å². The number of hydrogen-bond donors (Lipinski definition) is 1. The maximum atomic E-state index is 13.2. The van der Waals surface area contributed by atoms with Crippen molar-refractivity contribution < 1.29 is 9.13 Å². The number of rotatable bonds is 5. The lowest BCUT2D eigenvalue weighted by atomic mass is 10.3. The van der Waals surface area contributed by atoms with Crippen LogP contribution in [0.2, 0.25) is 5.02 Å². The number of halogens is 3. The van der Waals surface area contributed by atoms with Crippen LogP contribution in [-0.4, -0.2) is 11.0 Å². The molecule has 1 saturated carbocycles. The van der Waals surface area contributed by atoms with Crippen molar-refractivity contribution in [3.05, 3.63) is 51.3 Å². The van der Waals surface area contributed by atoms with Gasteiger partial charge in [0.25, 0.3) is 0 Å². The summed E-state index contributed by atoms with van der Waals surface area (Å²) < 4.78 is 19.4. The van der Waals surface area contributed by atoms with E-state index in [4.69, 9.17) is 16.3 Å². The van der Waals surface area contributed by atoms with E-state index in [0.29, 0.717) is 21.3 Å². The molecule has 0 radical (unpaired) electrons.